The van der Waals surface area contributed by atoms with Crippen molar-refractivity contribution in [2.24, 2.45) is 0 Å². The van der Waals surface area contributed by atoms with E-state index in [1.165, 1.54) is 0 Å². The molecule has 1 aliphatic rings. The molecule has 0 unspecified atom stereocenters. The first kappa shape index (κ1) is 32.1. The Bertz CT molecular complexity index is 2040. The minimum atomic E-state index is -0.964. The Kier molecular flexibility index (Phi) is 9.19. The number of nitrogen functional groups attached to an aromatic ring is 1. The number of nitrogens with zero attached hydrogens (tertiary/aromatic N) is 7. The topological polar surface area (TPSA) is 176 Å². The van der Waals surface area contributed by atoms with E-state index in [-0.39, 0.29) is 41.6 Å². The summed E-state index contributed by atoms with van der Waals surface area (Å²) in [6, 6.07) is 38.6. The SMILES string of the molecule is N#Cc1cccc(-c2nc(N)c(C(=O)NOCc3nnn(C(c4ccccc4)(c4ccccc4)c4ccccc4)n3)c(O[C@H]3CCOC3)n2)c1. The fourth-order valence-electron chi connectivity index (χ4n) is 5.92. The Morgan fingerprint density at radius 3 is 2.20 bits per heavy atom. The third-order valence-electron chi connectivity index (χ3n) is 8.24. The van der Waals surface area contributed by atoms with E-state index in [0.717, 1.165) is 16.7 Å². The van der Waals surface area contributed by atoms with Crippen LogP contribution in [0.5, 0.6) is 5.88 Å². The summed E-state index contributed by atoms with van der Waals surface area (Å²) >= 11 is 0. The van der Waals surface area contributed by atoms with Crippen molar-refractivity contribution in [1.29, 1.82) is 5.26 Å². The lowest BCUT2D eigenvalue weighted by atomic mass is 9.77. The number of nitrogens with one attached hydrogen (secondary N) is 1. The van der Waals surface area contributed by atoms with Gasteiger partial charge in [-0.25, -0.2) is 10.5 Å². The summed E-state index contributed by atoms with van der Waals surface area (Å²) in [5.74, 6) is -0.475. The van der Waals surface area contributed by atoms with E-state index < -0.39 is 11.4 Å². The second kappa shape index (κ2) is 14.3. The van der Waals surface area contributed by atoms with Crippen LogP contribution in [-0.4, -0.2) is 55.4 Å². The van der Waals surface area contributed by atoms with Gasteiger partial charge in [0, 0.05) is 12.0 Å². The van der Waals surface area contributed by atoms with Crippen molar-refractivity contribution in [3.63, 3.8) is 0 Å². The number of ether oxygens (including phenoxy) is 2. The van der Waals surface area contributed by atoms with E-state index in [0.29, 0.717) is 30.8 Å². The van der Waals surface area contributed by atoms with Crippen molar-refractivity contribution in [2.75, 3.05) is 18.9 Å². The van der Waals surface area contributed by atoms with E-state index in [1.807, 2.05) is 91.0 Å². The molecule has 7 rings (SSSR count). The van der Waals surface area contributed by atoms with Crippen molar-refractivity contribution in [2.45, 2.75) is 24.7 Å². The number of hydrogen-bond donors (Lipinski definition) is 2. The molecule has 0 aliphatic carbocycles. The van der Waals surface area contributed by atoms with Gasteiger partial charge in [0.05, 0.1) is 24.8 Å². The highest BCUT2D eigenvalue weighted by Gasteiger charge is 2.41. The fourth-order valence-corrected chi connectivity index (χ4v) is 5.92. The Balaban J connectivity index is 1.16. The van der Waals surface area contributed by atoms with Gasteiger partial charge < -0.3 is 15.2 Å². The number of carbonyl (C=O) groups excluding carboxylic acids is 1. The molecule has 0 spiro atoms. The van der Waals surface area contributed by atoms with Crippen LogP contribution in [0.15, 0.2) is 115 Å². The van der Waals surface area contributed by atoms with Gasteiger partial charge in [-0.1, -0.05) is 103 Å². The molecular formula is C37H31N9O4. The van der Waals surface area contributed by atoms with E-state index in [4.69, 9.17) is 25.1 Å². The molecule has 6 aromatic rings. The molecular weight excluding hydrogens is 634 g/mol. The minimum Gasteiger partial charge on any atom is -0.471 e. The molecule has 0 bridgehead atoms. The summed E-state index contributed by atoms with van der Waals surface area (Å²) in [7, 11) is 0. The largest absolute Gasteiger partial charge is 0.471 e. The average Bonchev–Trinajstić information content (AvgIpc) is 3.86. The van der Waals surface area contributed by atoms with Crippen molar-refractivity contribution < 1.29 is 19.1 Å². The summed E-state index contributed by atoms with van der Waals surface area (Å²) < 4.78 is 11.5. The highest BCUT2D eigenvalue weighted by molar-refractivity contribution is 6.00. The molecule has 248 valence electrons. The second-order valence-electron chi connectivity index (χ2n) is 11.4. The first-order valence-corrected chi connectivity index (χ1v) is 15.9. The number of hydroxylamine groups is 1. The number of nitriles is 1. The fraction of sp³-hybridized carbons (Fsp3) is 0.162. The Labute approximate surface area is 287 Å². The van der Waals surface area contributed by atoms with Gasteiger partial charge in [0.1, 0.15) is 24.1 Å². The molecule has 0 radical (unpaired) electrons. The third-order valence-corrected chi connectivity index (χ3v) is 8.24. The predicted molar refractivity (Wildman–Crippen MR) is 181 cm³/mol. The molecule has 1 aliphatic heterocycles. The maximum Gasteiger partial charge on any atom is 0.284 e. The van der Waals surface area contributed by atoms with Crippen molar-refractivity contribution in [1.82, 2.24) is 35.7 Å². The van der Waals surface area contributed by atoms with Gasteiger partial charge in [-0.2, -0.15) is 10.2 Å². The molecule has 1 saturated heterocycles. The van der Waals surface area contributed by atoms with Crippen molar-refractivity contribution in [3.05, 3.63) is 149 Å². The molecule has 3 N–H and O–H groups in total. The molecule has 13 heteroatoms. The number of tetrazole rings is 1. The first-order valence-electron chi connectivity index (χ1n) is 15.9. The zero-order chi connectivity index (χ0) is 34.3. The number of hydrogen-bond acceptors (Lipinski definition) is 11. The van der Waals surface area contributed by atoms with E-state index in [2.05, 4.69) is 31.8 Å². The molecule has 50 heavy (non-hydrogen) atoms. The van der Waals surface area contributed by atoms with Crippen LogP contribution < -0.4 is 16.0 Å². The van der Waals surface area contributed by atoms with Crippen LogP contribution >= 0.6 is 0 Å². The third kappa shape index (κ3) is 6.36. The first-order chi connectivity index (χ1) is 24.6. The molecule has 1 fully saturated rings. The highest BCUT2D eigenvalue weighted by atomic mass is 16.7. The Hall–Kier alpha value is -6.49. The predicted octanol–water partition coefficient (Wildman–Crippen LogP) is 4.45. The number of rotatable bonds is 11. The van der Waals surface area contributed by atoms with Gasteiger partial charge in [0.2, 0.25) is 11.7 Å². The molecule has 4 aromatic carbocycles. The molecule has 1 atom stereocenters. The quantitative estimate of drug-likeness (QED) is 0.148. The van der Waals surface area contributed by atoms with Crippen LogP contribution in [0, 0.1) is 11.3 Å². The summed E-state index contributed by atoms with van der Waals surface area (Å²) in [4.78, 5) is 29.5. The maximum absolute atomic E-state index is 13.5. The van der Waals surface area contributed by atoms with Crippen LogP contribution in [0.4, 0.5) is 5.82 Å². The second-order valence-corrected chi connectivity index (χ2v) is 11.4. The van der Waals surface area contributed by atoms with Crippen molar-refractivity contribution >= 4 is 11.7 Å². The lowest BCUT2D eigenvalue weighted by Gasteiger charge is -2.34. The lowest BCUT2D eigenvalue weighted by Crippen LogP contribution is -2.39. The molecule has 3 heterocycles. The van der Waals surface area contributed by atoms with Crippen LogP contribution in [0.2, 0.25) is 0 Å². The van der Waals surface area contributed by atoms with Crippen molar-refractivity contribution in [3.8, 4) is 23.3 Å². The number of amides is 1. The number of anilines is 1. The van der Waals surface area contributed by atoms with Gasteiger partial charge in [0.25, 0.3) is 5.91 Å². The van der Waals surface area contributed by atoms with E-state index in [9.17, 15) is 10.1 Å². The number of aromatic nitrogens is 6. The van der Waals surface area contributed by atoms with Gasteiger partial charge in [-0.3, -0.25) is 9.63 Å². The molecule has 0 saturated carbocycles. The Morgan fingerprint density at radius 2 is 1.60 bits per heavy atom. The molecule has 13 nitrogen and oxygen atoms in total. The zero-order valence-electron chi connectivity index (χ0n) is 26.7. The van der Waals surface area contributed by atoms with Crippen LogP contribution in [0.25, 0.3) is 11.4 Å². The maximum atomic E-state index is 13.5. The van der Waals surface area contributed by atoms with Gasteiger partial charge in [0.15, 0.2) is 11.4 Å². The normalized spacial score (nSPS) is 14.2. The lowest BCUT2D eigenvalue weighted by molar-refractivity contribution is 0.0203. The van der Waals surface area contributed by atoms with Gasteiger partial charge >= 0.3 is 0 Å². The average molecular weight is 666 g/mol. The standard InChI is InChI=1S/C37H31N9O4/c38-22-25-11-10-12-26(21-25)34-40-33(39)32(36(41-34)50-30-19-20-48-23-30)35(47)44-49-24-31-42-45-46(43-31)37(27-13-4-1-5-14-27,28-15-6-2-7-16-28)29-17-8-3-9-18-29/h1-18,21,30H,19-20,23-24H2,(H,44,47)(H2,39,40,41)/t30-/m0/s1. The van der Waals surface area contributed by atoms with Gasteiger partial charge in [-0.05, 0) is 34.0 Å². The Morgan fingerprint density at radius 1 is 0.940 bits per heavy atom. The van der Waals surface area contributed by atoms with E-state index in [1.54, 1.807) is 29.1 Å². The van der Waals surface area contributed by atoms with Crippen LogP contribution in [-0.2, 0) is 21.7 Å². The summed E-state index contributed by atoms with van der Waals surface area (Å²) in [6.07, 6.45) is 0.270. The molecule has 1 amide bonds. The monoisotopic (exact) mass is 665 g/mol. The minimum absolute atomic E-state index is 0.0334. The summed E-state index contributed by atoms with van der Waals surface area (Å²) in [5, 5.41) is 22.9. The number of carbonyl (C=O) groups is 1. The smallest absolute Gasteiger partial charge is 0.284 e. The molecule has 2 aromatic heterocycles. The summed E-state index contributed by atoms with van der Waals surface area (Å²) in [5.41, 5.74) is 11.4. The van der Waals surface area contributed by atoms with E-state index >= 15 is 0 Å². The number of benzene rings is 4. The number of nitrogens with two attached hydrogens (primary N) is 1. The highest BCUT2D eigenvalue weighted by Crippen LogP contribution is 2.39. The van der Waals surface area contributed by atoms with Crippen LogP contribution in [0.1, 0.15) is 44.9 Å². The summed E-state index contributed by atoms with van der Waals surface area (Å²) in [6.45, 7) is 0.631. The van der Waals surface area contributed by atoms with Gasteiger partial charge in [-0.15, -0.1) is 15.0 Å². The van der Waals surface area contributed by atoms with Crippen LogP contribution in [0.3, 0.4) is 0 Å². The zero-order valence-corrected chi connectivity index (χ0v) is 26.7.